The van der Waals surface area contributed by atoms with Gasteiger partial charge in [-0.05, 0) is 19.8 Å². The van der Waals surface area contributed by atoms with Crippen molar-refractivity contribution >= 4 is 17.2 Å². The topological polar surface area (TPSA) is 68.0 Å². The monoisotopic (exact) mass is 273 g/mol. The molecule has 0 aliphatic heterocycles. The van der Waals surface area contributed by atoms with Gasteiger partial charge >= 0.3 is 0 Å². The van der Waals surface area contributed by atoms with Gasteiger partial charge in [-0.15, -0.1) is 11.3 Å². The number of hydrogen-bond donors (Lipinski definition) is 2. The Bertz CT molecular complexity index is 614. The molecule has 2 aromatic rings. The number of nitrogen functional groups attached to an aromatic ring is 1. The first-order chi connectivity index (χ1) is 9.19. The molecule has 1 saturated carbocycles. The van der Waals surface area contributed by atoms with Crippen molar-refractivity contribution in [3.63, 3.8) is 0 Å². The Morgan fingerprint density at radius 1 is 1.37 bits per heavy atom. The summed E-state index contributed by atoms with van der Waals surface area (Å²) in [5.74, 6) is 5.44. The molecule has 0 atom stereocenters. The predicted octanol–water partition coefficient (Wildman–Crippen LogP) is 2.60. The zero-order valence-electron chi connectivity index (χ0n) is 10.6. The first-order valence-electron chi connectivity index (χ1n) is 6.27. The maximum absolute atomic E-state index is 11.8. The van der Waals surface area contributed by atoms with Crippen molar-refractivity contribution < 1.29 is 4.79 Å². The summed E-state index contributed by atoms with van der Waals surface area (Å²) in [7, 11) is 0. The molecule has 0 unspecified atom stereocenters. The van der Waals surface area contributed by atoms with Gasteiger partial charge in [-0.3, -0.25) is 10.2 Å². The van der Waals surface area contributed by atoms with Gasteiger partial charge in [0.05, 0.1) is 5.69 Å². The smallest absolute Gasteiger partial charge is 0.277 e. The zero-order valence-corrected chi connectivity index (χ0v) is 11.5. The molecule has 5 heteroatoms. The molecule has 3 N–H and O–H groups in total. The summed E-state index contributed by atoms with van der Waals surface area (Å²) in [6.45, 7) is 2.05. The van der Waals surface area contributed by atoms with E-state index in [1.165, 1.54) is 16.9 Å². The van der Waals surface area contributed by atoms with Crippen LogP contribution in [0.3, 0.4) is 0 Å². The largest absolute Gasteiger partial charge is 0.289 e. The van der Waals surface area contributed by atoms with Crippen LogP contribution in [-0.2, 0) is 0 Å². The van der Waals surface area contributed by atoms with Gasteiger partial charge in [-0.2, -0.15) is 0 Å². The van der Waals surface area contributed by atoms with E-state index in [9.17, 15) is 4.79 Å². The van der Waals surface area contributed by atoms with Gasteiger partial charge in [0, 0.05) is 11.5 Å². The summed E-state index contributed by atoms with van der Waals surface area (Å²) in [5.41, 5.74) is 5.38. The fraction of sp³-hybridized carbons (Fsp3) is 0.286. The standard InChI is InChI=1S/C14H15N3OS/c1-8-2-4-10(5-3-8)14-16-11(9-6-7-9)12(19-14)13(18)17-15/h2-5,9H,6-7,15H2,1H3,(H,17,18). The second-order valence-corrected chi connectivity index (χ2v) is 5.85. The maximum atomic E-state index is 11.8. The molecule has 19 heavy (non-hydrogen) atoms. The van der Waals surface area contributed by atoms with E-state index in [2.05, 4.69) is 29.5 Å². The molecule has 1 aromatic carbocycles. The lowest BCUT2D eigenvalue weighted by atomic mass is 10.1. The number of nitrogens with one attached hydrogen (secondary N) is 1. The molecule has 98 valence electrons. The molecule has 0 spiro atoms. The van der Waals surface area contributed by atoms with Crippen molar-refractivity contribution in [3.05, 3.63) is 40.4 Å². The highest BCUT2D eigenvalue weighted by molar-refractivity contribution is 7.17. The number of thiazole rings is 1. The van der Waals surface area contributed by atoms with Crippen LogP contribution in [0.15, 0.2) is 24.3 Å². The second-order valence-electron chi connectivity index (χ2n) is 4.85. The molecule has 0 bridgehead atoms. The Labute approximate surface area is 115 Å². The van der Waals surface area contributed by atoms with E-state index in [4.69, 9.17) is 5.84 Å². The molecule has 1 heterocycles. The molecular weight excluding hydrogens is 258 g/mol. The Morgan fingerprint density at radius 3 is 2.63 bits per heavy atom. The summed E-state index contributed by atoms with van der Waals surface area (Å²) in [6.07, 6.45) is 2.23. The number of rotatable bonds is 3. The third-order valence-electron chi connectivity index (χ3n) is 3.25. The quantitative estimate of drug-likeness (QED) is 0.513. The van der Waals surface area contributed by atoms with Crippen LogP contribution in [0.4, 0.5) is 0 Å². The minimum Gasteiger partial charge on any atom is -0.289 e. The van der Waals surface area contributed by atoms with Gasteiger partial charge < -0.3 is 0 Å². The first kappa shape index (κ1) is 12.3. The van der Waals surface area contributed by atoms with Crippen molar-refractivity contribution in [3.8, 4) is 10.6 Å². The molecule has 1 aromatic heterocycles. The van der Waals surface area contributed by atoms with E-state index in [1.54, 1.807) is 0 Å². The number of aromatic nitrogens is 1. The van der Waals surface area contributed by atoms with Crippen LogP contribution in [-0.4, -0.2) is 10.9 Å². The summed E-state index contributed by atoms with van der Waals surface area (Å²) in [5, 5.41) is 0.889. The van der Waals surface area contributed by atoms with Crippen molar-refractivity contribution in [2.24, 2.45) is 5.84 Å². The maximum Gasteiger partial charge on any atom is 0.277 e. The van der Waals surface area contributed by atoms with E-state index in [-0.39, 0.29) is 5.91 Å². The lowest BCUT2D eigenvalue weighted by Crippen LogP contribution is -2.29. The van der Waals surface area contributed by atoms with E-state index in [0.29, 0.717) is 10.8 Å². The van der Waals surface area contributed by atoms with Gasteiger partial charge in [-0.1, -0.05) is 29.8 Å². The third kappa shape index (κ3) is 2.39. The minimum atomic E-state index is -0.238. The third-order valence-corrected chi connectivity index (χ3v) is 4.37. The predicted molar refractivity (Wildman–Crippen MR) is 75.9 cm³/mol. The number of amides is 1. The number of nitrogens with zero attached hydrogens (tertiary/aromatic N) is 1. The Balaban J connectivity index is 2.02. The van der Waals surface area contributed by atoms with E-state index in [0.717, 1.165) is 29.1 Å². The molecule has 1 amide bonds. The summed E-state index contributed by atoms with van der Waals surface area (Å²) >= 11 is 1.42. The van der Waals surface area contributed by atoms with Crippen molar-refractivity contribution in [2.45, 2.75) is 25.7 Å². The number of hydrogen-bond acceptors (Lipinski definition) is 4. The van der Waals surface area contributed by atoms with Crippen molar-refractivity contribution in [2.75, 3.05) is 0 Å². The fourth-order valence-corrected chi connectivity index (χ4v) is 3.07. The number of hydrazine groups is 1. The van der Waals surface area contributed by atoms with Gasteiger partial charge in [0.1, 0.15) is 9.88 Å². The molecule has 1 aliphatic rings. The van der Waals surface area contributed by atoms with Crippen LogP contribution in [0, 0.1) is 6.92 Å². The van der Waals surface area contributed by atoms with Crippen LogP contribution < -0.4 is 11.3 Å². The number of carbonyl (C=O) groups is 1. The fourth-order valence-electron chi connectivity index (χ4n) is 2.01. The number of benzene rings is 1. The normalized spacial score (nSPS) is 14.4. The summed E-state index contributed by atoms with van der Waals surface area (Å²) in [4.78, 5) is 17.1. The number of carbonyl (C=O) groups excluding carboxylic acids is 1. The average Bonchev–Trinajstić information content (AvgIpc) is 3.18. The molecule has 1 aliphatic carbocycles. The molecule has 0 radical (unpaired) electrons. The average molecular weight is 273 g/mol. The zero-order chi connectivity index (χ0) is 13.4. The van der Waals surface area contributed by atoms with Gasteiger partial charge in [0.15, 0.2) is 0 Å². The molecule has 4 nitrogen and oxygen atoms in total. The Kier molecular flexibility index (Phi) is 3.08. The van der Waals surface area contributed by atoms with E-state index in [1.807, 2.05) is 12.1 Å². The van der Waals surface area contributed by atoms with E-state index < -0.39 is 0 Å². The van der Waals surface area contributed by atoms with Crippen LogP contribution >= 0.6 is 11.3 Å². The Morgan fingerprint density at radius 2 is 2.05 bits per heavy atom. The Hall–Kier alpha value is -1.72. The summed E-state index contributed by atoms with van der Waals surface area (Å²) in [6, 6.07) is 8.18. The van der Waals surface area contributed by atoms with Crippen LogP contribution in [0.1, 0.15) is 39.7 Å². The molecule has 3 rings (SSSR count). The molecule has 1 fully saturated rings. The number of nitrogens with two attached hydrogens (primary N) is 1. The highest BCUT2D eigenvalue weighted by atomic mass is 32.1. The first-order valence-corrected chi connectivity index (χ1v) is 7.09. The van der Waals surface area contributed by atoms with E-state index >= 15 is 0 Å². The van der Waals surface area contributed by atoms with Crippen LogP contribution in [0.25, 0.3) is 10.6 Å². The van der Waals surface area contributed by atoms with Gasteiger partial charge in [0.2, 0.25) is 0 Å². The highest BCUT2D eigenvalue weighted by Crippen LogP contribution is 2.44. The molecule has 0 saturated heterocycles. The lowest BCUT2D eigenvalue weighted by molar-refractivity contribution is 0.0956. The number of aryl methyl sites for hydroxylation is 1. The minimum absolute atomic E-state index is 0.238. The van der Waals surface area contributed by atoms with Crippen molar-refractivity contribution in [1.29, 1.82) is 0 Å². The second kappa shape index (κ2) is 4.75. The molecular formula is C14H15N3OS. The highest BCUT2D eigenvalue weighted by Gasteiger charge is 2.32. The summed E-state index contributed by atoms with van der Waals surface area (Å²) < 4.78 is 0. The van der Waals surface area contributed by atoms with Crippen LogP contribution in [0.2, 0.25) is 0 Å². The SMILES string of the molecule is Cc1ccc(-c2nc(C3CC3)c(C(=O)NN)s2)cc1. The lowest BCUT2D eigenvalue weighted by Gasteiger charge is -1.97. The van der Waals surface area contributed by atoms with Gasteiger partial charge in [0.25, 0.3) is 5.91 Å². The van der Waals surface area contributed by atoms with Gasteiger partial charge in [-0.25, -0.2) is 10.8 Å². The van der Waals surface area contributed by atoms with Crippen molar-refractivity contribution in [1.82, 2.24) is 10.4 Å². The van der Waals surface area contributed by atoms with Crippen LogP contribution in [0.5, 0.6) is 0 Å².